The largest absolute Gasteiger partial charge is 0.494 e. The first kappa shape index (κ1) is 19.0. The van der Waals surface area contributed by atoms with Gasteiger partial charge in [-0.15, -0.1) is 0 Å². The van der Waals surface area contributed by atoms with Crippen molar-refractivity contribution in [1.29, 1.82) is 0 Å². The molecule has 128 valence electrons. The lowest BCUT2D eigenvalue weighted by molar-refractivity contribution is -0.140. The maximum absolute atomic E-state index is 12.1. The number of nitrogens with one attached hydrogen (secondary N) is 1. The van der Waals surface area contributed by atoms with Crippen molar-refractivity contribution < 1.29 is 19.1 Å². The highest BCUT2D eigenvalue weighted by Crippen LogP contribution is 2.18. The Morgan fingerprint density at radius 2 is 1.91 bits per heavy atom. The minimum Gasteiger partial charge on any atom is -0.494 e. The molecule has 1 rings (SSSR count). The molecule has 0 aromatic heterocycles. The number of anilines is 1. The molecule has 1 amide bonds. The lowest BCUT2D eigenvalue weighted by atomic mass is 9.96. The number of esters is 1. The van der Waals surface area contributed by atoms with E-state index in [1.54, 1.807) is 31.2 Å². The highest BCUT2D eigenvalue weighted by atomic mass is 16.5. The summed E-state index contributed by atoms with van der Waals surface area (Å²) in [4.78, 5) is 23.1. The summed E-state index contributed by atoms with van der Waals surface area (Å²) in [6.45, 7) is 4.15. The molecule has 6 nitrogen and oxygen atoms in total. The van der Waals surface area contributed by atoms with E-state index < -0.39 is 5.54 Å². The highest BCUT2D eigenvalue weighted by molar-refractivity contribution is 5.97. The van der Waals surface area contributed by atoms with Gasteiger partial charge in [-0.05, 0) is 44.0 Å². The molecule has 1 aromatic carbocycles. The van der Waals surface area contributed by atoms with Crippen LogP contribution < -0.4 is 15.8 Å². The number of benzene rings is 1. The average molecular weight is 322 g/mol. The summed E-state index contributed by atoms with van der Waals surface area (Å²) in [5, 5.41) is 2.80. The summed E-state index contributed by atoms with van der Waals surface area (Å²) in [6.07, 6.45) is 2.39. The van der Waals surface area contributed by atoms with Gasteiger partial charge in [0.2, 0.25) is 5.91 Å². The zero-order valence-electron chi connectivity index (χ0n) is 14.1. The zero-order chi connectivity index (χ0) is 17.3. The number of amides is 1. The predicted molar refractivity (Wildman–Crippen MR) is 89.3 cm³/mol. The average Bonchev–Trinajstić information content (AvgIpc) is 2.52. The van der Waals surface area contributed by atoms with Gasteiger partial charge in [-0.25, -0.2) is 0 Å². The van der Waals surface area contributed by atoms with E-state index in [0.29, 0.717) is 37.3 Å². The van der Waals surface area contributed by atoms with Crippen LogP contribution in [0, 0.1) is 0 Å². The van der Waals surface area contributed by atoms with Crippen LogP contribution in [0.1, 0.15) is 39.5 Å². The number of carbonyl (C=O) groups is 2. The first-order valence-electron chi connectivity index (χ1n) is 7.79. The molecular weight excluding hydrogens is 296 g/mol. The molecule has 6 heteroatoms. The van der Waals surface area contributed by atoms with Crippen LogP contribution in [0.15, 0.2) is 24.3 Å². The van der Waals surface area contributed by atoms with E-state index in [0.717, 1.165) is 6.42 Å². The monoisotopic (exact) mass is 322 g/mol. The van der Waals surface area contributed by atoms with Crippen molar-refractivity contribution >= 4 is 17.6 Å². The molecule has 0 aliphatic carbocycles. The second-order valence-electron chi connectivity index (χ2n) is 5.67. The third-order valence-electron chi connectivity index (χ3n) is 3.42. The van der Waals surface area contributed by atoms with Gasteiger partial charge < -0.3 is 20.5 Å². The Morgan fingerprint density at radius 3 is 2.48 bits per heavy atom. The number of hydrogen-bond donors (Lipinski definition) is 2. The van der Waals surface area contributed by atoms with Crippen LogP contribution in [-0.4, -0.2) is 31.1 Å². The van der Waals surface area contributed by atoms with Crippen molar-refractivity contribution in [3.63, 3.8) is 0 Å². The van der Waals surface area contributed by atoms with Gasteiger partial charge in [0.15, 0.2) is 0 Å². The summed E-state index contributed by atoms with van der Waals surface area (Å²) in [5.41, 5.74) is 5.78. The van der Waals surface area contributed by atoms with Gasteiger partial charge in [0.05, 0.1) is 19.3 Å². The van der Waals surface area contributed by atoms with Crippen LogP contribution in [0.25, 0.3) is 0 Å². The van der Waals surface area contributed by atoms with Crippen molar-refractivity contribution in [2.75, 3.05) is 19.0 Å². The van der Waals surface area contributed by atoms with Crippen molar-refractivity contribution in [3.05, 3.63) is 24.3 Å². The summed E-state index contributed by atoms with van der Waals surface area (Å²) >= 11 is 0. The lowest BCUT2D eigenvalue weighted by Gasteiger charge is -2.22. The number of ether oxygens (including phenoxy) is 2. The van der Waals surface area contributed by atoms with E-state index in [1.165, 1.54) is 7.11 Å². The van der Waals surface area contributed by atoms with Crippen LogP contribution in [0.2, 0.25) is 0 Å². The Labute approximate surface area is 137 Å². The van der Waals surface area contributed by atoms with Gasteiger partial charge in [-0.1, -0.05) is 13.3 Å². The van der Waals surface area contributed by atoms with Crippen LogP contribution in [0.5, 0.6) is 5.75 Å². The fourth-order valence-electron chi connectivity index (χ4n) is 2.05. The Morgan fingerprint density at radius 1 is 1.26 bits per heavy atom. The SMILES string of the molecule is CCCC(C)(N)C(=O)Nc1ccc(OCCCC(=O)OC)cc1. The number of rotatable bonds is 9. The molecule has 0 radical (unpaired) electrons. The van der Waals surface area contributed by atoms with E-state index in [-0.39, 0.29) is 11.9 Å². The molecule has 0 bridgehead atoms. The highest BCUT2D eigenvalue weighted by Gasteiger charge is 2.27. The van der Waals surface area contributed by atoms with Gasteiger partial charge in [0.25, 0.3) is 0 Å². The Kier molecular flexibility index (Phi) is 7.54. The van der Waals surface area contributed by atoms with Crippen molar-refractivity contribution in [3.8, 4) is 5.75 Å². The third-order valence-corrected chi connectivity index (χ3v) is 3.42. The van der Waals surface area contributed by atoms with Gasteiger partial charge in [0, 0.05) is 12.1 Å². The molecule has 0 heterocycles. The minimum atomic E-state index is -0.877. The minimum absolute atomic E-state index is 0.203. The summed E-state index contributed by atoms with van der Waals surface area (Å²) in [6, 6.07) is 7.05. The quantitative estimate of drug-likeness (QED) is 0.538. The van der Waals surface area contributed by atoms with Gasteiger partial charge in [0.1, 0.15) is 5.75 Å². The smallest absolute Gasteiger partial charge is 0.305 e. The molecule has 23 heavy (non-hydrogen) atoms. The maximum Gasteiger partial charge on any atom is 0.305 e. The third kappa shape index (κ3) is 6.69. The van der Waals surface area contributed by atoms with Crippen molar-refractivity contribution in [2.45, 2.75) is 45.1 Å². The molecule has 1 unspecified atom stereocenters. The summed E-state index contributed by atoms with van der Waals surface area (Å²) < 4.78 is 10.1. The summed E-state index contributed by atoms with van der Waals surface area (Å²) in [5.74, 6) is 0.228. The Balaban J connectivity index is 2.44. The molecule has 0 saturated heterocycles. The molecule has 3 N–H and O–H groups in total. The molecule has 1 aromatic rings. The first-order valence-corrected chi connectivity index (χ1v) is 7.79. The number of methoxy groups -OCH3 is 1. The molecule has 0 saturated carbocycles. The van der Waals surface area contributed by atoms with Gasteiger partial charge in [-0.2, -0.15) is 0 Å². The topological polar surface area (TPSA) is 90.7 Å². The predicted octanol–water partition coefficient (Wildman–Crippen LogP) is 2.47. The van der Waals surface area contributed by atoms with E-state index in [9.17, 15) is 9.59 Å². The van der Waals surface area contributed by atoms with Crippen LogP contribution in [0.4, 0.5) is 5.69 Å². The van der Waals surface area contributed by atoms with Crippen LogP contribution in [-0.2, 0) is 14.3 Å². The second-order valence-corrected chi connectivity index (χ2v) is 5.67. The molecule has 0 aliphatic rings. The van der Waals surface area contributed by atoms with E-state index in [2.05, 4.69) is 10.1 Å². The fourth-order valence-corrected chi connectivity index (χ4v) is 2.05. The Bertz CT molecular complexity index is 512. The standard InChI is InChI=1S/C17H26N2O4/c1-4-11-17(2,18)16(21)19-13-7-9-14(10-8-13)23-12-5-6-15(20)22-3/h7-10H,4-6,11-12,18H2,1-3H3,(H,19,21). The number of nitrogens with two attached hydrogens (primary N) is 1. The van der Waals surface area contributed by atoms with Gasteiger partial charge >= 0.3 is 5.97 Å². The van der Waals surface area contributed by atoms with Crippen molar-refractivity contribution in [2.24, 2.45) is 5.73 Å². The molecule has 0 spiro atoms. The normalized spacial score (nSPS) is 13.0. The van der Waals surface area contributed by atoms with Crippen LogP contribution >= 0.6 is 0 Å². The van der Waals surface area contributed by atoms with E-state index in [1.807, 2.05) is 6.92 Å². The van der Waals surface area contributed by atoms with E-state index >= 15 is 0 Å². The fraction of sp³-hybridized carbons (Fsp3) is 0.529. The zero-order valence-corrected chi connectivity index (χ0v) is 14.1. The molecule has 0 fully saturated rings. The van der Waals surface area contributed by atoms with E-state index in [4.69, 9.17) is 10.5 Å². The molecular formula is C17H26N2O4. The number of hydrogen-bond acceptors (Lipinski definition) is 5. The summed E-state index contributed by atoms with van der Waals surface area (Å²) in [7, 11) is 1.36. The maximum atomic E-state index is 12.1. The second kappa shape index (κ2) is 9.15. The molecule has 1 atom stereocenters. The number of carbonyl (C=O) groups excluding carboxylic acids is 2. The van der Waals surface area contributed by atoms with Gasteiger partial charge in [-0.3, -0.25) is 9.59 Å². The van der Waals surface area contributed by atoms with Crippen molar-refractivity contribution in [1.82, 2.24) is 0 Å². The Hall–Kier alpha value is -2.08. The molecule has 0 aliphatic heterocycles. The first-order chi connectivity index (χ1) is 10.9. The van der Waals surface area contributed by atoms with Crippen LogP contribution in [0.3, 0.4) is 0 Å². The lowest BCUT2D eigenvalue weighted by Crippen LogP contribution is -2.48.